The van der Waals surface area contributed by atoms with E-state index in [1.165, 1.54) is 11.2 Å². The van der Waals surface area contributed by atoms with Gasteiger partial charge in [-0.05, 0) is 24.3 Å². The van der Waals surface area contributed by atoms with E-state index in [9.17, 15) is 8.42 Å². The van der Waals surface area contributed by atoms with Crippen LogP contribution in [0.2, 0.25) is 0 Å². The third kappa shape index (κ3) is 4.88. The molecule has 23 heavy (non-hydrogen) atoms. The maximum Gasteiger partial charge on any atom is 0.312 e. The molecule has 1 aromatic carbocycles. The van der Waals surface area contributed by atoms with E-state index < -0.39 is 10.0 Å². The molecule has 2 rings (SSSR count). The van der Waals surface area contributed by atoms with E-state index in [0.717, 1.165) is 16.9 Å². The molecule has 2 aromatic rings. The molecular formula is C13H15ClN4O3S2. The summed E-state index contributed by atoms with van der Waals surface area (Å²) in [6.07, 6.45) is 1.21. The van der Waals surface area contributed by atoms with Crippen molar-refractivity contribution >= 4 is 39.3 Å². The first-order valence-electron chi connectivity index (χ1n) is 6.52. The van der Waals surface area contributed by atoms with E-state index >= 15 is 0 Å². The third-order valence-electron chi connectivity index (χ3n) is 2.49. The second-order valence-corrected chi connectivity index (χ2v) is 7.76. The van der Waals surface area contributed by atoms with Gasteiger partial charge < -0.3 is 9.64 Å². The van der Waals surface area contributed by atoms with Crippen LogP contribution in [0.3, 0.4) is 0 Å². The predicted molar refractivity (Wildman–Crippen MR) is 90.9 cm³/mol. The summed E-state index contributed by atoms with van der Waals surface area (Å²) < 4.78 is 32.8. The van der Waals surface area contributed by atoms with Gasteiger partial charge in [0.2, 0.25) is 0 Å². The molecule has 0 fully saturated rings. The lowest BCUT2D eigenvalue weighted by Gasteiger charge is -2.03. The second-order valence-electron chi connectivity index (χ2n) is 4.59. The molecule has 0 saturated carbocycles. The Bertz CT molecular complexity index is 773. The number of benzene rings is 1. The lowest BCUT2D eigenvalue weighted by molar-refractivity contribution is 0.343. The van der Waals surface area contributed by atoms with Crippen LogP contribution in [0.25, 0.3) is 10.6 Å². The zero-order valence-electron chi connectivity index (χ0n) is 12.5. The van der Waals surface area contributed by atoms with Crippen molar-refractivity contribution in [2.45, 2.75) is 4.34 Å². The van der Waals surface area contributed by atoms with Crippen LogP contribution in [0.5, 0.6) is 5.75 Å². The van der Waals surface area contributed by atoms with Crippen LogP contribution in [0, 0.1) is 0 Å². The molecule has 10 heteroatoms. The number of hydrogen-bond donors (Lipinski definition) is 0. The summed E-state index contributed by atoms with van der Waals surface area (Å²) in [5.74, 6) is 1.09. The molecule has 0 radical (unpaired) electrons. The molecule has 0 N–H and O–H groups in total. The minimum Gasteiger partial charge on any atom is -0.492 e. The van der Waals surface area contributed by atoms with E-state index in [4.69, 9.17) is 16.3 Å². The summed E-state index contributed by atoms with van der Waals surface area (Å²) in [4.78, 5) is 1.53. The van der Waals surface area contributed by atoms with Crippen LogP contribution >= 0.6 is 22.9 Å². The maximum absolute atomic E-state index is 12.0. The Hall–Kier alpha value is -1.71. The first kappa shape index (κ1) is 17.6. The first-order valence-corrected chi connectivity index (χ1v) is 9.31. The highest BCUT2D eigenvalue weighted by atomic mass is 35.5. The Morgan fingerprint density at radius 2 is 2.00 bits per heavy atom. The molecule has 0 saturated heterocycles. The number of sulfonamides is 1. The van der Waals surface area contributed by atoms with Crippen molar-refractivity contribution in [3.63, 3.8) is 0 Å². The van der Waals surface area contributed by atoms with E-state index in [1.54, 1.807) is 38.4 Å². The monoisotopic (exact) mass is 374 g/mol. The molecule has 0 aliphatic heterocycles. The molecule has 0 amide bonds. The number of alkyl halides is 1. The highest BCUT2D eigenvalue weighted by molar-refractivity contribution is 7.92. The van der Waals surface area contributed by atoms with Crippen molar-refractivity contribution in [3.8, 4) is 16.3 Å². The molecule has 0 aliphatic carbocycles. The van der Waals surface area contributed by atoms with Crippen molar-refractivity contribution in [1.29, 1.82) is 0 Å². The standard InChI is InChI=1S/C13H15ClN4O3S2/c1-18(2)9-15-23(19,20)13-17-16-12(22-13)10-3-5-11(6-4-10)21-8-7-14/h3-6,9H,7-8H2,1-2H3/b15-9+. The summed E-state index contributed by atoms with van der Waals surface area (Å²) >= 11 is 6.52. The van der Waals surface area contributed by atoms with Gasteiger partial charge in [-0.25, -0.2) is 0 Å². The van der Waals surface area contributed by atoms with Gasteiger partial charge >= 0.3 is 10.0 Å². The SMILES string of the molecule is CN(C)/C=N/S(=O)(=O)c1nnc(-c2ccc(OCCCl)cc2)s1. The average molecular weight is 375 g/mol. The Balaban J connectivity index is 2.19. The number of ether oxygens (including phenoxy) is 1. The fourth-order valence-corrected chi connectivity index (χ4v) is 3.48. The van der Waals surface area contributed by atoms with E-state index in [2.05, 4.69) is 14.6 Å². The lowest BCUT2D eigenvalue weighted by Crippen LogP contribution is -2.10. The van der Waals surface area contributed by atoms with Crippen molar-refractivity contribution in [1.82, 2.24) is 15.1 Å². The van der Waals surface area contributed by atoms with Crippen molar-refractivity contribution in [3.05, 3.63) is 24.3 Å². The number of nitrogens with zero attached hydrogens (tertiary/aromatic N) is 4. The normalized spacial score (nSPS) is 11.8. The smallest absolute Gasteiger partial charge is 0.312 e. The number of aromatic nitrogens is 2. The molecule has 1 aromatic heterocycles. The quantitative estimate of drug-likeness (QED) is 0.419. The van der Waals surface area contributed by atoms with Gasteiger partial charge in [0, 0.05) is 19.7 Å². The summed E-state index contributed by atoms with van der Waals surface area (Å²) in [5.41, 5.74) is 0.749. The molecule has 124 valence electrons. The molecular weight excluding hydrogens is 360 g/mol. The molecule has 0 spiro atoms. The van der Waals surface area contributed by atoms with Crippen molar-refractivity contribution in [2.24, 2.45) is 4.40 Å². The first-order chi connectivity index (χ1) is 10.9. The molecule has 0 aliphatic rings. The van der Waals surface area contributed by atoms with Crippen LogP contribution in [0.1, 0.15) is 0 Å². The Morgan fingerprint density at radius 3 is 2.61 bits per heavy atom. The minimum absolute atomic E-state index is 0.145. The van der Waals surface area contributed by atoms with E-state index in [1.807, 2.05) is 0 Å². The van der Waals surface area contributed by atoms with Gasteiger partial charge in [0.25, 0.3) is 4.34 Å². The number of halogens is 1. The highest BCUT2D eigenvalue weighted by Crippen LogP contribution is 2.28. The summed E-state index contributed by atoms with van der Waals surface area (Å²) in [7, 11) is -0.471. The molecule has 1 heterocycles. The van der Waals surface area contributed by atoms with Gasteiger partial charge in [-0.15, -0.1) is 26.2 Å². The van der Waals surface area contributed by atoms with E-state index in [0.29, 0.717) is 23.2 Å². The Morgan fingerprint density at radius 1 is 1.30 bits per heavy atom. The molecule has 0 bridgehead atoms. The third-order valence-corrected chi connectivity index (χ3v) is 5.19. The van der Waals surface area contributed by atoms with Crippen LogP contribution < -0.4 is 4.74 Å². The predicted octanol–water partition coefficient (Wildman–Crippen LogP) is 2.10. The largest absolute Gasteiger partial charge is 0.492 e. The average Bonchev–Trinajstić information content (AvgIpc) is 3.02. The Labute approximate surface area is 143 Å². The summed E-state index contributed by atoms with van der Waals surface area (Å²) in [6, 6.07) is 7.09. The van der Waals surface area contributed by atoms with Crippen LogP contribution in [0.4, 0.5) is 0 Å². The molecule has 7 nitrogen and oxygen atoms in total. The fraction of sp³-hybridized carbons (Fsp3) is 0.308. The fourth-order valence-electron chi connectivity index (χ4n) is 1.48. The molecule has 0 unspecified atom stereocenters. The van der Waals surface area contributed by atoms with Gasteiger partial charge in [-0.2, -0.15) is 8.42 Å². The number of hydrogen-bond acceptors (Lipinski definition) is 6. The van der Waals surface area contributed by atoms with E-state index in [-0.39, 0.29) is 4.34 Å². The van der Waals surface area contributed by atoms with Crippen LogP contribution in [-0.4, -0.2) is 56.4 Å². The highest BCUT2D eigenvalue weighted by Gasteiger charge is 2.19. The van der Waals surface area contributed by atoms with Gasteiger partial charge in [0.05, 0.1) is 5.88 Å². The molecule has 0 atom stereocenters. The summed E-state index contributed by atoms with van der Waals surface area (Å²) in [5, 5.41) is 8.12. The van der Waals surface area contributed by atoms with Crippen molar-refractivity contribution < 1.29 is 13.2 Å². The van der Waals surface area contributed by atoms with Gasteiger partial charge in [-0.1, -0.05) is 11.3 Å². The minimum atomic E-state index is -3.83. The van der Waals surface area contributed by atoms with Gasteiger partial charge in [0.1, 0.15) is 23.7 Å². The topological polar surface area (TPSA) is 84.8 Å². The Kier molecular flexibility index (Phi) is 5.91. The van der Waals surface area contributed by atoms with Gasteiger partial charge in [0.15, 0.2) is 0 Å². The van der Waals surface area contributed by atoms with Crippen LogP contribution in [-0.2, 0) is 10.0 Å². The van der Waals surface area contributed by atoms with Gasteiger partial charge in [-0.3, -0.25) is 0 Å². The van der Waals surface area contributed by atoms with Crippen LogP contribution in [0.15, 0.2) is 33.0 Å². The number of rotatable bonds is 7. The zero-order valence-corrected chi connectivity index (χ0v) is 14.9. The lowest BCUT2D eigenvalue weighted by atomic mass is 10.2. The maximum atomic E-state index is 12.0. The van der Waals surface area contributed by atoms with Crippen molar-refractivity contribution in [2.75, 3.05) is 26.6 Å². The zero-order chi connectivity index (χ0) is 16.9. The summed E-state index contributed by atoms with van der Waals surface area (Å²) in [6.45, 7) is 0.423. The second kappa shape index (κ2) is 7.71.